The summed E-state index contributed by atoms with van der Waals surface area (Å²) in [5.74, 6) is 0.0623. The van der Waals surface area contributed by atoms with Crippen LogP contribution in [0.15, 0.2) is 48.7 Å². The fraction of sp³-hybridized carbons (Fsp3) is 0.0667. The highest BCUT2D eigenvalue weighted by Crippen LogP contribution is 2.24. The first-order valence-electron chi connectivity index (χ1n) is 6.77. The second-order valence-electron chi connectivity index (χ2n) is 4.93. The molecule has 0 aliphatic rings. The van der Waals surface area contributed by atoms with E-state index in [0.29, 0.717) is 22.8 Å². The molecule has 0 atom stereocenters. The lowest BCUT2D eigenvalue weighted by Crippen LogP contribution is -2.15. The molecule has 0 fully saturated rings. The summed E-state index contributed by atoms with van der Waals surface area (Å²) < 4.78 is 1.70. The number of anilines is 1. The molecule has 1 aromatic carbocycles. The van der Waals surface area contributed by atoms with Gasteiger partial charge in [0.2, 0.25) is 0 Å². The highest BCUT2D eigenvalue weighted by Gasteiger charge is 2.13. The molecule has 0 radical (unpaired) electrons. The number of non-ortho nitro benzene ring substituents is 1. The molecule has 8 nitrogen and oxygen atoms in total. The molecule has 116 valence electrons. The van der Waals surface area contributed by atoms with E-state index in [1.165, 1.54) is 12.1 Å². The van der Waals surface area contributed by atoms with Gasteiger partial charge in [-0.05, 0) is 12.1 Å². The Kier molecular flexibility index (Phi) is 3.63. The zero-order valence-electron chi connectivity index (χ0n) is 12.2. The number of nitrogens with one attached hydrogen (secondary N) is 2. The molecule has 3 aromatic rings. The number of hydrogen-bond donors (Lipinski definition) is 2. The van der Waals surface area contributed by atoms with Gasteiger partial charge in [0, 0.05) is 37.0 Å². The van der Waals surface area contributed by atoms with Gasteiger partial charge in [-0.15, -0.1) is 0 Å². The summed E-state index contributed by atoms with van der Waals surface area (Å²) in [7, 11) is 1.77. The molecule has 0 saturated carbocycles. The van der Waals surface area contributed by atoms with Crippen LogP contribution in [0.2, 0.25) is 0 Å². The van der Waals surface area contributed by atoms with E-state index in [1.807, 2.05) is 0 Å². The summed E-state index contributed by atoms with van der Waals surface area (Å²) >= 11 is 0. The number of amides is 1. The van der Waals surface area contributed by atoms with Crippen molar-refractivity contribution in [1.82, 2.24) is 14.8 Å². The average molecular weight is 311 g/mol. The molecule has 0 unspecified atom stereocenters. The lowest BCUT2D eigenvalue weighted by atomic mass is 10.1. The Labute approximate surface area is 130 Å². The van der Waals surface area contributed by atoms with Gasteiger partial charge in [-0.25, -0.2) is 0 Å². The minimum atomic E-state index is -0.460. The highest BCUT2D eigenvalue weighted by atomic mass is 16.6. The van der Waals surface area contributed by atoms with Crippen molar-refractivity contribution >= 4 is 17.4 Å². The highest BCUT2D eigenvalue weighted by molar-refractivity contribution is 6.02. The predicted molar refractivity (Wildman–Crippen MR) is 84.0 cm³/mol. The van der Waals surface area contributed by atoms with Crippen LogP contribution < -0.4 is 5.32 Å². The van der Waals surface area contributed by atoms with Crippen molar-refractivity contribution in [3.05, 3.63) is 64.5 Å². The molecule has 0 bridgehead atoms. The van der Waals surface area contributed by atoms with E-state index in [-0.39, 0.29) is 11.6 Å². The number of carbonyl (C=O) groups excluding carboxylic acids is 1. The summed E-state index contributed by atoms with van der Waals surface area (Å²) in [5.41, 5.74) is 1.69. The number of nitro benzene ring substituents is 1. The molecule has 0 aliphatic heterocycles. The van der Waals surface area contributed by atoms with Gasteiger partial charge in [0.05, 0.1) is 10.6 Å². The largest absolute Gasteiger partial charge is 0.347 e. The maximum Gasteiger partial charge on any atom is 0.273 e. The van der Waals surface area contributed by atoms with Crippen LogP contribution >= 0.6 is 0 Å². The summed E-state index contributed by atoms with van der Waals surface area (Å²) in [4.78, 5) is 22.5. The molecule has 1 amide bonds. The van der Waals surface area contributed by atoms with E-state index in [4.69, 9.17) is 0 Å². The standard InChI is InChI=1S/C15H13N5O3/c1-19-7-3-6-13(19)15(21)16-14-9-12(17-18-14)10-4-2-5-11(8-10)20(22)23/h2-9H,1H3,(H2,16,17,18,21). The minimum absolute atomic E-state index is 0.00787. The molecule has 0 saturated heterocycles. The van der Waals surface area contributed by atoms with Crippen molar-refractivity contribution in [2.75, 3.05) is 5.32 Å². The molecule has 8 heteroatoms. The number of carbonyl (C=O) groups is 1. The van der Waals surface area contributed by atoms with E-state index in [2.05, 4.69) is 15.5 Å². The van der Waals surface area contributed by atoms with Crippen LogP contribution in [0, 0.1) is 10.1 Å². The van der Waals surface area contributed by atoms with Gasteiger partial charge in [0.1, 0.15) is 5.69 Å². The summed E-state index contributed by atoms with van der Waals surface area (Å²) in [6, 6.07) is 11.3. The molecular formula is C15H13N5O3. The second-order valence-corrected chi connectivity index (χ2v) is 4.93. The Hall–Kier alpha value is -3.42. The summed E-state index contributed by atoms with van der Waals surface area (Å²) in [5, 5.41) is 20.3. The quantitative estimate of drug-likeness (QED) is 0.570. The third-order valence-electron chi connectivity index (χ3n) is 3.36. The van der Waals surface area contributed by atoms with Crippen molar-refractivity contribution in [3.63, 3.8) is 0 Å². The van der Waals surface area contributed by atoms with E-state index in [0.717, 1.165) is 0 Å². The van der Waals surface area contributed by atoms with Crippen molar-refractivity contribution in [1.29, 1.82) is 0 Å². The monoisotopic (exact) mass is 311 g/mol. The van der Waals surface area contributed by atoms with Crippen LogP contribution in [-0.2, 0) is 7.05 Å². The number of rotatable bonds is 4. The smallest absolute Gasteiger partial charge is 0.273 e. The van der Waals surface area contributed by atoms with Gasteiger partial charge in [0.25, 0.3) is 11.6 Å². The number of aromatic amines is 1. The molecule has 0 aliphatic carbocycles. The molecule has 2 aromatic heterocycles. The van der Waals surface area contributed by atoms with Crippen LogP contribution in [0.5, 0.6) is 0 Å². The maximum atomic E-state index is 12.1. The first-order valence-corrected chi connectivity index (χ1v) is 6.77. The van der Waals surface area contributed by atoms with Gasteiger partial charge >= 0.3 is 0 Å². The number of H-pyrrole nitrogens is 1. The second kappa shape index (κ2) is 5.76. The van der Waals surface area contributed by atoms with Gasteiger partial charge < -0.3 is 9.88 Å². The number of aryl methyl sites for hydroxylation is 1. The lowest BCUT2D eigenvalue weighted by Gasteiger charge is -2.02. The fourth-order valence-electron chi connectivity index (χ4n) is 2.20. The first-order chi connectivity index (χ1) is 11.0. The van der Waals surface area contributed by atoms with Gasteiger partial charge in [-0.1, -0.05) is 12.1 Å². The minimum Gasteiger partial charge on any atom is -0.347 e. The van der Waals surface area contributed by atoms with Gasteiger partial charge in [-0.2, -0.15) is 5.10 Å². The van der Waals surface area contributed by atoms with Crippen LogP contribution in [-0.4, -0.2) is 25.6 Å². The number of nitro groups is 1. The first kappa shape index (κ1) is 14.5. The third kappa shape index (κ3) is 2.95. The molecule has 2 N–H and O–H groups in total. The Morgan fingerprint density at radius 3 is 2.83 bits per heavy atom. The Morgan fingerprint density at radius 2 is 2.13 bits per heavy atom. The SMILES string of the molecule is Cn1cccc1C(=O)Nc1cc(-c2cccc([N+](=O)[O-])c2)[nH]n1. The molecule has 2 heterocycles. The lowest BCUT2D eigenvalue weighted by molar-refractivity contribution is -0.384. The van der Waals surface area contributed by atoms with E-state index < -0.39 is 4.92 Å². The maximum absolute atomic E-state index is 12.1. The van der Waals surface area contributed by atoms with E-state index in [1.54, 1.807) is 48.1 Å². The molecule has 3 rings (SSSR count). The van der Waals surface area contributed by atoms with E-state index >= 15 is 0 Å². The predicted octanol–water partition coefficient (Wildman–Crippen LogP) is 2.58. The molecule has 23 heavy (non-hydrogen) atoms. The molecular weight excluding hydrogens is 298 g/mol. The summed E-state index contributed by atoms with van der Waals surface area (Å²) in [6.07, 6.45) is 1.77. The Bertz CT molecular complexity index is 881. The zero-order chi connectivity index (χ0) is 16.4. The van der Waals surface area contributed by atoms with Gasteiger partial charge in [-0.3, -0.25) is 20.0 Å². The van der Waals surface area contributed by atoms with Crippen molar-refractivity contribution in [3.8, 4) is 11.3 Å². The average Bonchev–Trinajstić information content (AvgIpc) is 3.16. The van der Waals surface area contributed by atoms with E-state index in [9.17, 15) is 14.9 Å². The van der Waals surface area contributed by atoms with Crippen molar-refractivity contribution in [2.45, 2.75) is 0 Å². The van der Waals surface area contributed by atoms with Crippen molar-refractivity contribution in [2.24, 2.45) is 7.05 Å². The topological polar surface area (TPSA) is 106 Å². The summed E-state index contributed by atoms with van der Waals surface area (Å²) in [6.45, 7) is 0. The van der Waals surface area contributed by atoms with Crippen molar-refractivity contribution < 1.29 is 9.72 Å². The number of aromatic nitrogens is 3. The number of hydrogen-bond acceptors (Lipinski definition) is 4. The van der Waals surface area contributed by atoms with Crippen LogP contribution in [0.1, 0.15) is 10.5 Å². The Morgan fingerprint density at radius 1 is 1.30 bits per heavy atom. The number of nitrogens with zero attached hydrogens (tertiary/aromatic N) is 3. The fourth-order valence-corrected chi connectivity index (χ4v) is 2.20. The van der Waals surface area contributed by atoms with Crippen LogP contribution in [0.25, 0.3) is 11.3 Å². The normalized spacial score (nSPS) is 10.5. The third-order valence-corrected chi connectivity index (χ3v) is 3.36. The van der Waals surface area contributed by atoms with Gasteiger partial charge in [0.15, 0.2) is 5.82 Å². The number of benzene rings is 1. The molecule has 0 spiro atoms. The zero-order valence-corrected chi connectivity index (χ0v) is 12.2. The van der Waals surface area contributed by atoms with Crippen LogP contribution in [0.3, 0.4) is 0 Å². The Balaban J connectivity index is 1.81. The van der Waals surface area contributed by atoms with Crippen LogP contribution in [0.4, 0.5) is 11.5 Å².